The first kappa shape index (κ1) is 15.8. The standard InChI is InChI=1S/C19H13FNO.Ir/c1-11-7-12(2)21-17(8-11)13-3-5-15-16-6-4-14(20)10-19(16)22-18(15)9-13;/h4-10H,1-2H3;/q-1;. The van der Waals surface area contributed by atoms with E-state index in [1.165, 1.54) is 12.1 Å². The van der Waals surface area contributed by atoms with Gasteiger partial charge in [0.1, 0.15) is 11.4 Å². The van der Waals surface area contributed by atoms with E-state index in [2.05, 4.69) is 11.1 Å². The minimum Gasteiger partial charge on any atom is -0.476 e. The van der Waals surface area contributed by atoms with Crippen LogP contribution in [0.4, 0.5) is 4.39 Å². The first-order chi connectivity index (χ1) is 10.6. The summed E-state index contributed by atoms with van der Waals surface area (Å²) in [5, 5.41) is 1.83. The van der Waals surface area contributed by atoms with Crippen molar-refractivity contribution in [3.63, 3.8) is 0 Å². The maximum Gasteiger partial charge on any atom is 0.126 e. The van der Waals surface area contributed by atoms with Crippen molar-refractivity contribution < 1.29 is 28.9 Å². The van der Waals surface area contributed by atoms with Crippen LogP contribution in [-0.2, 0) is 20.1 Å². The van der Waals surface area contributed by atoms with Gasteiger partial charge in [-0.15, -0.1) is 17.7 Å². The normalized spacial score (nSPS) is 10.9. The Morgan fingerprint density at radius 1 is 1.00 bits per heavy atom. The molecule has 0 bridgehead atoms. The predicted molar refractivity (Wildman–Crippen MR) is 85.2 cm³/mol. The maximum atomic E-state index is 13.3. The van der Waals surface area contributed by atoms with Gasteiger partial charge in [-0.25, -0.2) is 4.39 Å². The Morgan fingerprint density at radius 2 is 1.78 bits per heavy atom. The van der Waals surface area contributed by atoms with Crippen LogP contribution in [0.2, 0.25) is 0 Å². The van der Waals surface area contributed by atoms with E-state index < -0.39 is 0 Å². The Balaban J connectivity index is 0.00000156. The van der Waals surface area contributed by atoms with E-state index in [0.29, 0.717) is 5.58 Å². The van der Waals surface area contributed by atoms with Crippen LogP contribution in [0.15, 0.2) is 46.9 Å². The number of hydrogen-bond acceptors (Lipinski definition) is 2. The zero-order valence-electron chi connectivity index (χ0n) is 12.6. The van der Waals surface area contributed by atoms with E-state index in [0.717, 1.165) is 38.9 Å². The molecule has 23 heavy (non-hydrogen) atoms. The van der Waals surface area contributed by atoms with Crippen molar-refractivity contribution in [3.05, 3.63) is 65.6 Å². The molecular weight excluding hydrogens is 469 g/mol. The van der Waals surface area contributed by atoms with Gasteiger partial charge in [0.2, 0.25) is 0 Å². The summed E-state index contributed by atoms with van der Waals surface area (Å²) < 4.78 is 19.1. The number of hydrogen-bond donors (Lipinski definition) is 0. The van der Waals surface area contributed by atoms with Gasteiger partial charge < -0.3 is 9.40 Å². The molecule has 0 fully saturated rings. The molecular formula is C19H13FIrNO-. The first-order valence-electron chi connectivity index (χ1n) is 7.09. The summed E-state index contributed by atoms with van der Waals surface area (Å²) in [5.41, 5.74) is 5.13. The van der Waals surface area contributed by atoms with Crippen LogP contribution in [-0.4, -0.2) is 4.98 Å². The first-order valence-corrected chi connectivity index (χ1v) is 7.09. The number of fused-ring (bicyclic) bond motifs is 3. The quantitative estimate of drug-likeness (QED) is 0.349. The molecule has 0 saturated heterocycles. The molecule has 4 aromatic rings. The molecule has 0 N–H and O–H groups in total. The Morgan fingerprint density at radius 3 is 2.57 bits per heavy atom. The van der Waals surface area contributed by atoms with Crippen LogP contribution in [0.25, 0.3) is 33.2 Å². The molecule has 0 aliphatic rings. The molecule has 0 atom stereocenters. The molecule has 2 heterocycles. The van der Waals surface area contributed by atoms with Gasteiger partial charge in [-0.1, -0.05) is 29.1 Å². The molecule has 0 spiro atoms. The molecule has 2 aromatic carbocycles. The van der Waals surface area contributed by atoms with E-state index in [-0.39, 0.29) is 25.9 Å². The zero-order valence-corrected chi connectivity index (χ0v) is 15.0. The summed E-state index contributed by atoms with van der Waals surface area (Å²) in [5.74, 6) is -0.299. The molecule has 4 heteroatoms. The van der Waals surface area contributed by atoms with Gasteiger partial charge in [0.25, 0.3) is 0 Å². The molecule has 0 aliphatic carbocycles. The zero-order chi connectivity index (χ0) is 15.3. The molecule has 0 amide bonds. The van der Waals surface area contributed by atoms with Crippen molar-refractivity contribution in [1.82, 2.24) is 4.98 Å². The fourth-order valence-corrected chi connectivity index (χ4v) is 2.82. The van der Waals surface area contributed by atoms with Crippen LogP contribution < -0.4 is 0 Å². The minimum absolute atomic E-state index is 0. The van der Waals surface area contributed by atoms with Crippen molar-refractivity contribution in [3.8, 4) is 11.3 Å². The summed E-state index contributed by atoms with van der Waals surface area (Å²) >= 11 is 0. The van der Waals surface area contributed by atoms with Crippen LogP contribution in [0.1, 0.15) is 11.3 Å². The van der Waals surface area contributed by atoms with Gasteiger partial charge in [0.15, 0.2) is 0 Å². The third kappa shape index (κ3) is 2.80. The van der Waals surface area contributed by atoms with Gasteiger partial charge in [-0.2, -0.15) is 0 Å². The topological polar surface area (TPSA) is 26.0 Å². The Hall–Kier alpha value is -2.03. The van der Waals surface area contributed by atoms with Crippen LogP contribution in [0.5, 0.6) is 0 Å². The second kappa shape index (κ2) is 5.88. The average Bonchev–Trinajstić information content (AvgIpc) is 2.82. The molecule has 0 saturated carbocycles. The SMILES string of the molecule is Cc1cc(C)nc(-c2[c-]cc3c(c2)oc2cc(F)ccc23)c1.[Ir]. The number of benzene rings is 2. The summed E-state index contributed by atoms with van der Waals surface area (Å²) in [6.07, 6.45) is 0. The number of aryl methyl sites for hydroxylation is 2. The smallest absolute Gasteiger partial charge is 0.126 e. The third-order valence-electron chi connectivity index (χ3n) is 3.74. The Labute approximate surface area is 146 Å². The molecule has 4 rings (SSSR count). The van der Waals surface area contributed by atoms with E-state index in [1.54, 1.807) is 6.07 Å². The Bertz CT molecular complexity index is 1000. The van der Waals surface area contributed by atoms with Crippen molar-refractivity contribution >= 4 is 21.9 Å². The van der Waals surface area contributed by atoms with E-state index >= 15 is 0 Å². The summed E-state index contributed by atoms with van der Waals surface area (Å²) in [6, 6.07) is 15.7. The summed E-state index contributed by atoms with van der Waals surface area (Å²) in [6.45, 7) is 4.01. The van der Waals surface area contributed by atoms with Gasteiger partial charge in [0, 0.05) is 31.9 Å². The van der Waals surface area contributed by atoms with Gasteiger partial charge in [-0.05, 0) is 37.1 Å². The average molecular weight is 483 g/mol. The van der Waals surface area contributed by atoms with Crippen molar-refractivity contribution in [2.24, 2.45) is 0 Å². The number of pyridine rings is 1. The van der Waals surface area contributed by atoms with Crippen LogP contribution >= 0.6 is 0 Å². The second-order valence-electron chi connectivity index (χ2n) is 5.54. The van der Waals surface area contributed by atoms with Crippen molar-refractivity contribution in [1.29, 1.82) is 0 Å². The third-order valence-corrected chi connectivity index (χ3v) is 3.74. The van der Waals surface area contributed by atoms with Crippen LogP contribution in [0, 0.1) is 25.7 Å². The minimum atomic E-state index is -0.299. The Kier molecular flexibility index (Phi) is 4.05. The molecule has 0 aliphatic heterocycles. The van der Waals surface area contributed by atoms with Gasteiger partial charge in [-0.3, -0.25) is 0 Å². The fourth-order valence-electron chi connectivity index (χ4n) is 2.82. The largest absolute Gasteiger partial charge is 0.476 e. The summed E-state index contributed by atoms with van der Waals surface area (Å²) in [4.78, 5) is 4.55. The predicted octanol–water partition coefficient (Wildman–Crippen LogP) is 5.20. The monoisotopic (exact) mass is 483 g/mol. The fraction of sp³-hybridized carbons (Fsp3) is 0.105. The molecule has 117 valence electrons. The number of halogens is 1. The summed E-state index contributed by atoms with van der Waals surface area (Å²) in [7, 11) is 0. The molecule has 2 nitrogen and oxygen atoms in total. The molecule has 2 aromatic heterocycles. The van der Waals surface area contributed by atoms with Crippen molar-refractivity contribution in [2.45, 2.75) is 13.8 Å². The van der Waals surface area contributed by atoms with Crippen molar-refractivity contribution in [2.75, 3.05) is 0 Å². The van der Waals surface area contributed by atoms with Gasteiger partial charge in [0.05, 0.1) is 5.58 Å². The molecule has 0 unspecified atom stereocenters. The number of furan rings is 1. The van der Waals surface area contributed by atoms with Crippen LogP contribution in [0.3, 0.4) is 0 Å². The number of rotatable bonds is 1. The van der Waals surface area contributed by atoms with Gasteiger partial charge >= 0.3 is 0 Å². The molecule has 1 radical (unpaired) electrons. The van der Waals surface area contributed by atoms with E-state index in [1.807, 2.05) is 38.1 Å². The number of aromatic nitrogens is 1. The second-order valence-corrected chi connectivity index (χ2v) is 5.54. The maximum absolute atomic E-state index is 13.3. The number of nitrogens with zero attached hydrogens (tertiary/aromatic N) is 1. The van der Waals surface area contributed by atoms with E-state index in [9.17, 15) is 4.39 Å². The van der Waals surface area contributed by atoms with E-state index in [4.69, 9.17) is 4.42 Å².